The van der Waals surface area contributed by atoms with E-state index < -0.39 is 17.7 Å². The van der Waals surface area contributed by atoms with E-state index in [0.29, 0.717) is 17.2 Å². The van der Waals surface area contributed by atoms with Crippen molar-refractivity contribution < 1.29 is 19.4 Å². The van der Waals surface area contributed by atoms with Crippen LogP contribution < -0.4 is 10.1 Å². The van der Waals surface area contributed by atoms with E-state index in [0.717, 1.165) is 10.5 Å². The van der Waals surface area contributed by atoms with E-state index in [1.54, 1.807) is 19.1 Å². The Morgan fingerprint density at radius 1 is 1.07 bits per heavy atom. The second kappa shape index (κ2) is 8.02. The van der Waals surface area contributed by atoms with Crippen LogP contribution in [0.5, 0.6) is 5.75 Å². The summed E-state index contributed by atoms with van der Waals surface area (Å²) in [6.07, 6.45) is -0.986. The smallest absolute Gasteiger partial charge is 0.325 e. The van der Waals surface area contributed by atoms with Crippen molar-refractivity contribution in [3.8, 4) is 5.75 Å². The van der Waals surface area contributed by atoms with Gasteiger partial charge >= 0.3 is 6.03 Å². The molecule has 0 saturated carbocycles. The molecular formula is C22H26N2O4. The fourth-order valence-electron chi connectivity index (χ4n) is 3.23. The van der Waals surface area contributed by atoms with Gasteiger partial charge in [0.25, 0.3) is 5.91 Å². The third kappa shape index (κ3) is 4.02. The number of para-hydroxylation sites is 1. The number of carbonyl (C=O) groups is 2. The zero-order valence-electron chi connectivity index (χ0n) is 16.4. The minimum atomic E-state index is -1.15. The van der Waals surface area contributed by atoms with Crippen LogP contribution in [0.3, 0.4) is 0 Å². The highest BCUT2D eigenvalue weighted by atomic mass is 16.5. The Kier molecular flexibility index (Phi) is 5.70. The third-order valence-electron chi connectivity index (χ3n) is 5.01. The largest absolute Gasteiger partial charge is 0.491 e. The monoisotopic (exact) mass is 382 g/mol. The first-order chi connectivity index (χ1) is 13.3. The molecule has 0 bridgehead atoms. The molecule has 28 heavy (non-hydrogen) atoms. The number of nitrogens with zero attached hydrogens (tertiary/aromatic N) is 1. The highest BCUT2D eigenvalue weighted by molar-refractivity contribution is 6.07. The van der Waals surface area contributed by atoms with E-state index in [9.17, 15) is 14.7 Å². The average Bonchev–Trinajstić information content (AvgIpc) is 2.91. The van der Waals surface area contributed by atoms with E-state index in [1.807, 2.05) is 42.5 Å². The van der Waals surface area contributed by atoms with Crippen molar-refractivity contribution in [1.29, 1.82) is 0 Å². The van der Waals surface area contributed by atoms with Gasteiger partial charge in [0, 0.05) is 0 Å². The van der Waals surface area contributed by atoms with Gasteiger partial charge in [0.2, 0.25) is 0 Å². The molecule has 0 spiro atoms. The van der Waals surface area contributed by atoms with Crippen molar-refractivity contribution in [2.24, 2.45) is 0 Å². The molecule has 1 heterocycles. The summed E-state index contributed by atoms with van der Waals surface area (Å²) in [4.78, 5) is 26.4. The highest BCUT2D eigenvalue weighted by Gasteiger charge is 2.49. The fraction of sp³-hybridized carbons (Fsp3) is 0.364. The van der Waals surface area contributed by atoms with Gasteiger partial charge in [0.1, 0.15) is 24.0 Å². The number of β-amino-alcohol motifs (C(OH)–C–C–N with tert-alkyl or cyclic N) is 1. The third-order valence-corrected chi connectivity index (χ3v) is 5.01. The van der Waals surface area contributed by atoms with Gasteiger partial charge in [0.15, 0.2) is 0 Å². The van der Waals surface area contributed by atoms with E-state index in [4.69, 9.17) is 4.74 Å². The van der Waals surface area contributed by atoms with Gasteiger partial charge in [-0.15, -0.1) is 0 Å². The van der Waals surface area contributed by atoms with Crippen LogP contribution in [-0.4, -0.2) is 41.2 Å². The Bertz CT molecular complexity index is 835. The number of amides is 3. The summed E-state index contributed by atoms with van der Waals surface area (Å²) < 4.78 is 5.50. The number of urea groups is 1. The molecule has 2 aromatic carbocycles. The van der Waals surface area contributed by atoms with Crippen LogP contribution in [0.15, 0.2) is 54.6 Å². The Labute approximate surface area is 165 Å². The summed E-state index contributed by atoms with van der Waals surface area (Å²) in [5, 5.41) is 13.0. The number of hydrogen-bond acceptors (Lipinski definition) is 4. The van der Waals surface area contributed by atoms with E-state index >= 15 is 0 Å². The number of imide groups is 1. The van der Waals surface area contributed by atoms with Crippen molar-refractivity contribution in [2.45, 2.75) is 38.3 Å². The summed E-state index contributed by atoms with van der Waals surface area (Å²) in [5.41, 5.74) is 0.731. The number of benzene rings is 2. The summed E-state index contributed by atoms with van der Waals surface area (Å²) in [6, 6.07) is 16.2. The standard InChI is InChI=1S/C22H26N2O4/c1-15(2)16-9-11-17(12-10-16)22(3)20(26)24(21(27)23-22)13-18(25)14-28-19-7-5-4-6-8-19/h4-12,15,18,25H,13-14H2,1-3H3,(H,23,27)/t18-,22+/m0/s1. The molecule has 6 heteroatoms. The van der Waals surface area contributed by atoms with Crippen LogP contribution >= 0.6 is 0 Å². The summed E-state index contributed by atoms with van der Waals surface area (Å²) in [7, 11) is 0. The molecule has 2 atom stereocenters. The summed E-state index contributed by atoms with van der Waals surface area (Å²) in [6.45, 7) is 5.74. The van der Waals surface area contributed by atoms with E-state index in [1.165, 1.54) is 0 Å². The molecule has 2 aromatic rings. The number of carbonyl (C=O) groups excluding carboxylic acids is 2. The molecule has 0 aromatic heterocycles. The molecule has 1 saturated heterocycles. The first-order valence-corrected chi connectivity index (χ1v) is 9.41. The molecule has 148 valence electrons. The van der Waals surface area contributed by atoms with Gasteiger partial charge in [-0.05, 0) is 36.1 Å². The van der Waals surface area contributed by atoms with Crippen molar-refractivity contribution in [3.05, 3.63) is 65.7 Å². The number of ether oxygens (including phenoxy) is 1. The van der Waals surface area contributed by atoms with E-state index in [2.05, 4.69) is 19.2 Å². The number of aliphatic hydroxyl groups excluding tert-OH is 1. The van der Waals surface area contributed by atoms with Gasteiger partial charge < -0.3 is 15.2 Å². The highest BCUT2D eigenvalue weighted by Crippen LogP contribution is 2.30. The summed E-state index contributed by atoms with van der Waals surface area (Å²) >= 11 is 0. The predicted molar refractivity (Wildman–Crippen MR) is 106 cm³/mol. The van der Waals surface area contributed by atoms with Crippen molar-refractivity contribution in [3.63, 3.8) is 0 Å². The lowest BCUT2D eigenvalue weighted by atomic mass is 9.90. The van der Waals surface area contributed by atoms with Crippen molar-refractivity contribution in [1.82, 2.24) is 10.2 Å². The molecular weight excluding hydrogens is 356 g/mol. The lowest BCUT2D eigenvalue weighted by Crippen LogP contribution is -2.42. The van der Waals surface area contributed by atoms with Gasteiger partial charge in [-0.3, -0.25) is 9.69 Å². The molecule has 2 N–H and O–H groups in total. The molecule has 6 nitrogen and oxygen atoms in total. The zero-order chi connectivity index (χ0) is 20.3. The quantitative estimate of drug-likeness (QED) is 0.722. The molecule has 3 amide bonds. The van der Waals surface area contributed by atoms with Crippen LogP contribution in [-0.2, 0) is 10.3 Å². The minimum Gasteiger partial charge on any atom is -0.491 e. The predicted octanol–water partition coefficient (Wildman–Crippen LogP) is 3.02. The molecule has 0 radical (unpaired) electrons. The lowest BCUT2D eigenvalue weighted by Gasteiger charge is -2.23. The van der Waals surface area contributed by atoms with Gasteiger partial charge in [-0.2, -0.15) is 0 Å². The first-order valence-electron chi connectivity index (χ1n) is 9.41. The second-order valence-electron chi connectivity index (χ2n) is 7.53. The number of hydrogen-bond donors (Lipinski definition) is 2. The van der Waals surface area contributed by atoms with E-state index in [-0.39, 0.29) is 19.1 Å². The van der Waals surface area contributed by atoms with Crippen LogP contribution in [0.2, 0.25) is 0 Å². The van der Waals surface area contributed by atoms with Crippen LogP contribution in [0.4, 0.5) is 4.79 Å². The molecule has 0 unspecified atom stereocenters. The molecule has 1 aliphatic heterocycles. The molecule has 3 rings (SSSR count). The van der Waals surface area contributed by atoms with Crippen LogP contribution in [0, 0.1) is 0 Å². The maximum Gasteiger partial charge on any atom is 0.325 e. The molecule has 1 fully saturated rings. The number of rotatable bonds is 7. The van der Waals surface area contributed by atoms with Crippen LogP contribution in [0.25, 0.3) is 0 Å². The molecule has 0 aliphatic carbocycles. The summed E-state index contributed by atoms with van der Waals surface area (Å²) in [5.74, 6) is 0.620. The normalized spacial score (nSPS) is 20.4. The molecule has 1 aliphatic rings. The van der Waals surface area contributed by atoms with Gasteiger partial charge in [-0.1, -0.05) is 56.3 Å². The van der Waals surface area contributed by atoms with Crippen molar-refractivity contribution in [2.75, 3.05) is 13.2 Å². The Morgan fingerprint density at radius 2 is 1.71 bits per heavy atom. The minimum absolute atomic E-state index is 0.0130. The van der Waals surface area contributed by atoms with Gasteiger partial charge in [-0.25, -0.2) is 4.79 Å². The Morgan fingerprint density at radius 3 is 2.32 bits per heavy atom. The Hall–Kier alpha value is -2.86. The van der Waals surface area contributed by atoms with Crippen LogP contribution in [0.1, 0.15) is 37.8 Å². The van der Waals surface area contributed by atoms with Crippen molar-refractivity contribution >= 4 is 11.9 Å². The first kappa shape index (κ1) is 19.9. The SMILES string of the molecule is CC(C)c1ccc([C@@]2(C)NC(=O)N(C[C@H](O)COc3ccccc3)C2=O)cc1. The zero-order valence-corrected chi connectivity index (χ0v) is 16.4. The fourth-order valence-corrected chi connectivity index (χ4v) is 3.23. The average molecular weight is 382 g/mol. The maximum absolute atomic E-state index is 13.0. The maximum atomic E-state index is 13.0. The lowest BCUT2D eigenvalue weighted by molar-refractivity contribution is -0.132. The Balaban J connectivity index is 1.66. The number of nitrogens with one attached hydrogen (secondary N) is 1. The number of aliphatic hydroxyl groups is 1. The topological polar surface area (TPSA) is 78.9 Å². The van der Waals surface area contributed by atoms with Gasteiger partial charge in [0.05, 0.1) is 6.54 Å². The second-order valence-corrected chi connectivity index (χ2v) is 7.53.